The lowest BCUT2D eigenvalue weighted by Crippen LogP contribution is -2.26. The molecule has 0 aliphatic rings. The zero-order valence-corrected chi connectivity index (χ0v) is 14.8. The number of hydrogen-bond acceptors (Lipinski definition) is 4. The molecule has 0 spiro atoms. The molecule has 1 N–H and O–H groups in total. The van der Waals surface area contributed by atoms with E-state index in [9.17, 15) is 27.9 Å². The number of pyridine rings is 1. The zero-order chi connectivity index (χ0) is 21.0. The first-order chi connectivity index (χ1) is 13.8. The summed E-state index contributed by atoms with van der Waals surface area (Å²) in [6.45, 7) is 0. The van der Waals surface area contributed by atoms with Gasteiger partial charge in [-0.25, -0.2) is 18.2 Å². The van der Waals surface area contributed by atoms with Gasteiger partial charge in [0.2, 0.25) is 5.88 Å². The van der Waals surface area contributed by atoms with Gasteiger partial charge in [-0.2, -0.15) is 0 Å². The third-order valence-corrected chi connectivity index (χ3v) is 4.04. The maximum absolute atomic E-state index is 13.4. The fraction of sp³-hybridized carbons (Fsp3) is 0.0952. The van der Waals surface area contributed by atoms with Gasteiger partial charge in [-0.05, 0) is 60.5 Å². The molecule has 1 unspecified atom stereocenters. The number of carbonyl (C=O) groups excluding carboxylic acids is 1. The fourth-order valence-corrected chi connectivity index (χ4v) is 2.72. The van der Waals surface area contributed by atoms with Crippen molar-refractivity contribution in [2.24, 2.45) is 5.92 Å². The lowest BCUT2D eigenvalue weighted by molar-refractivity contribution is -0.139. The van der Waals surface area contributed by atoms with E-state index < -0.39 is 41.5 Å². The summed E-state index contributed by atoms with van der Waals surface area (Å²) in [5.41, 5.74) is -0.103. The van der Waals surface area contributed by atoms with Gasteiger partial charge in [-0.1, -0.05) is 0 Å². The molecule has 0 saturated heterocycles. The second-order valence-corrected chi connectivity index (χ2v) is 6.15. The summed E-state index contributed by atoms with van der Waals surface area (Å²) >= 11 is 0. The monoisotopic (exact) mass is 401 g/mol. The molecular formula is C21H14F3NO4. The van der Waals surface area contributed by atoms with E-state index in [2.05, 4.69) is 4.98 Å². The molecule has 2 aromatic carbocycles. The number of benzene rings is 2. The first kappa shape index (κ1) is 20.1. The van der Waals surface area contributed by atoms with Crippen LogP contribution in [-0.2, 0) is 11.2 Å². The molecule has 0 aliphatic carbocycles. The third-order valence-electron chi connectivity index (χ3n) is 4.04. The van der Waals surface area contributed by atoms with Crippen LogP contribution in [0.3, 0.4) is 0 Å². The largest absolute Gasteiger partial charge is 0.481 e. The van der Waals surface area contributed by atoms with Crippen LogP contribution in [-0.4, -0.2) is 21.8 Å². The molecule has 1 atom stereocenters. The molecule has 0 aliphatic heterocycles. The Balaban J connectivity index is 1.90. The molecule has 0 saturated carbocycles. The number of carboxylic acid groups (broad SMARTS) is 1. The topological polar surface area (TPSA) is 76.5 Å². The molecule has 8 heteroatoms. The van der Waals surface area contributed by atoms with E-state index in [1.165, 1.54) is 30.5 Å². The highest BCUT2D eigenvalue weighted by Crippen LogP contribution is 2.26. The Morgan fingerprint density at radius 2 is 1.62 bits per heavy atom. The van der Waals surface area contributed by atoms with Crippen LogP contribution in [0.2, 0.25) is 0 Å². The number of nitrogens with zero attached hydrogens (tertiary/aromatic N) is 1. The first-order valence-electron chi connectivity index (χ1n) is 8.44. The molecule has 1 aromatic heterocycles. The van der Waals surface area contributed by atoms with E-state index in [-0.39, 0.29) is 22.8 Å². The molecule has 29 heavy (non-hydrogen) atoms. The molecule has 3 rings (SSSR count). The van der Waals surface area contributed by atoms with Crippen LogP contribution in [0, 0.1) is 23.4 Å². The van der Waals surface area contributed by atoms with Gasteiger partial charge >= 0.3 is 5.97 Å². The average molecular weight is 401 g/mol. The molecule has 0 radical (unpaired) electrons. The number of Topliss-reactive ketones (excluding diaryl/α,β-unsaturated/α-hetero) is 1. The minimum absolute atomic E-state index is 0.0214. The van der Waals surface area contributed by atoms with E-state index in [0.717, 1.165) is 24.3 Å². The molecular weight excluding hydrogens is 387 g/mol. The maximum Gasteiger partial charge on any atom is 0.314 e. The van der Waals surface area contributed by atoms with E-state index in [4.69, 9.17) is 4.74 Å². The predicted octanol–water partition coefficient (Wildman–Crippen LogP) is 4.42. The zero-order valence-electron chi connectivity index (χ0n) is 14.8. The van der Waals surface area contributed by atoms with Gasteiger partial charge in [0.05, 0.1) is 5.56 Å². The van der Waals surface area contributed by atoms with Crippen LogP contribution in [0.25, 0.3) is 0 Å². The van der Waals surface area contributed by atoms with Gasteiger partial charge in [-0.15, -0.1) is 0 Å². The van der Waals surface area contributed by atoms with E-state index in [1.807, 2.05) is 0 Å². The minimum atomic E-state index is -1.61. The number of aliphatic carboxylic acids is 1. The van der Waals surface area contributed by atoms with Crippen LogP contribution < -0.4 is 4.74 Å². The highest BCUT2D eigenvalue weighted by atomic mass is 19.1. The summed E-state index contributed by atoms with van der Waals surface area (Å²) in [5.74, 6) is -6.13. The summed E-state index contributed by atoms with van der Waals surface area (Å²) < 4.78 is 45.4. The Labute approximate surface area is 163 Å². The van der Waals surface area contributed by atoms with Crippen LogP contribution in [0.15, 0.2) is 60.8 Å². The Morgan fingerprint density at radius 1 is 0.966 bits per heavy atom. The van der Waals surface area contributed by atoms with Gasteiger partial charge in [-0.3, -0.25) is 9.59 Å². The number of rotatable bonds is 7. The third kappa shape index (κ3) is 4.98. The lowest BCUT2D eigenvalue weighted by Gasteiger charge is -2.14. The van der Waals surface area contributed by atoms with Gasteiger partial charge < -0.3 is 9.84 Å². The summed E-state index contributed by atoms with van der Waals surface area (Å²) in [6.07, 6.45) is 0.918. The van der Waals surface area contributed by atoms with E-state index >= 15 is 0 Å². The average Bonchev–Trinajstić information content (AvgIpc) is 2.67. The van der Waals surface area contributed by atoms with Crippen LogP contribution in [0.4, 0.5) is 13.2 Å². The summed E-state index contributed by atoms with van der Waals surface area (Å²) in [6, 6.07) is 10.3. The maximum atomic E-state index is 13.4. The predicted molar refractivity (Wildman–Crippen MR) is 96.2 cm³/mol. The summed E-state index contributed by atoms with van der Waals surface area (Å²) in [5, 5.41) is 9.50. The molecule has 0 fully saturated rings. The SMILES string of the molecule is O=C(O)C(Cc1cc(F)cc(F)c1)C(=O)c1cccnc1Oc1ccc(F)cc1. The van der Waals surface area contributed by atoms with Gasteiger partial charge in [0, 0.05) is 12.3 Å². The number of ether oxygens (including phenoxy) is 1. The molecule has 0 bridgehead atoms. The van der Waals surface area contributed by atoms with Crippen molar-refractivity contribution in [2.75, 3.05) is 0 Å². The molecule has 3 aromatic rings. The molecule has 0 amide bonds. The summed E-state index contributed by atoms with van der Waals surface area (Å²) in [7, 11) is 0. The number of carbonyl (C=O) groups is 2. The Kier molecular flexibility index (Phi) is 5.92. The molecule has 148 valence electrons. The van der Waals surface area contributed by atoms with E-state index in [1.54, 1.807) is 0 Å². The van der Waals surface area contributed by atoms with Crippen molar-refractivity contribution >= 4 is 11.8 Å². The number of halogens is 3. The molecule has 1 heterocycles. The van der Waals surface area contributed by atoms with Crippen molar-refractivity contribution < 1.29 is 32.6 Å². The molecule has 5 nitrogen and oxygen atoms in total. The van der Waals surface area contributed by atoms with Crippen LogP contribution in [0.5, 0.6) is 11.6 Å². The van der Waals surface area contributed by atoms with Gasteiger partial charge in [0.1, 0.15) is 29.1 Å². The van der Waals surface area contributed by atoms with Crippen molar-refractivity contribution in [1.82, 2.24) is 4.98 Å². The summed E-state index contributed by atoms with van der Waals surface area (Å²) in [4.78, 5) is 28.5. The fourth-order valence-electron chi connectivity index (χ4n) is 2.72. The van der Waals surface area contributed by atoms with Crippen LogP contribution >= 0.6 is 0 Å². The highest BCUT2D eigenvalue weighted by Gasteiger charge is 2.30. The standard InChI is InChI=1S/C21H14F3NO4/c22-13-3-5-16(6-4-13)29-20-17(2-1-7-25-20)19(26)18(21(27)28)10-12-8-14(23)11-15(24)9-12/h1-9,11,18H,10H2,(H,27,28). The number of ketones is 1. The smallest absolute Gasteiger partial charge is 0.314 e. The Morgan fingerprint density at radius 3 is 2.24 bits per heavy atom. The van der Waals surface area contributed by atoms with Gasteiger partial charge in [0.25, 0.3) is 0 Å². The van der Waals surface area contributed by atoms with Crippen molar-refractivity contribution in [3.63, 3.8) is 0 Å². The van der Waals surface area contributed by atoms with Crippen LogP contribution in [0.1, 0.15) is 15.9 Å². The highest BCUT2D eigenvalue weighted by molar-refractivity contribution is 6.09. The number of aromatic nitrogens is 1. The van der Waals surface area contributed by atoms with Crippen molar-refractivity contribution in [1.29, 1.82) is 0 Å². The Hall–Kier alpha value is -3.68. The van der Waals surface area contributed by atoms with Crippen molar-refractivity contribution in [2.45, 2.75) is 6.42 Å². The first-order valence-corrected chi connectivity index (χ1v) is 8.44. The number of hydrogen-bond donors (Lipinski definition) is 1. The second kappa shape index (κ2) is 8.55. The minimum Gasteiger partial charge on any atom is -0.481 e. The van der Waals surface area contributed by atoms with E-state index in [0.29, 0.717) is 6.07 Å². The lowest BCUT2D eigenvalue weighted by atomic mass is 9.91. The quantitative estimate of drug-likeness (QED) is 0.469. The Bertz CT molecular complexity index is 1030. The van der Waals surface area contributed by atoms with Gasteiger partial charge in [0.15, 0.2) is 5.78 Å². The second-order valence-electron chi connectivity index (χ2n) is 6.15. The number of carboxylic acids is 1. The van der Waals surface area contributed by atoms with Crippen molar-refractivity contribution in [3.05, 3.63) is 89.4 Å². The van der Waals surface area contributed by atoms with Crippen molar-refractivity contribution in [3.8, 4) is 11.6 Å². The normalized spacial score (nSPS) is 11.7.